The third-order valence-electron chi connectivity index (χ3n) is 2.91. The minimum Gasteiger partial charge on any atom is -0.294 e. The monoisotopic (exact) mass is 280 g/mol. The van der Waals surface area contributed by atoms with Crippen LogP contribution in [0.15, 0.2) is 36.4 Å². The van der Waals surface area contributed by atoms with Gasteiger partial charge in [0.2, 0.25) is 0 Å². The molecular formula is C15H11ClF2O. The van der Waals surface area contributed by atoms with Gasteiger partial charge < -0.3 is 0 Å². The van der Waals surface area contributed by atoms with Crippen molar-refractivity contribution < 1.29 is 13.6 Å². The highest BCUT2D eigenvalue weighted by Gasteiger charge is 2.15. The first-order valence-electron chi connectivity index (χ1n) is 5.71. The fourth-order valence-electron chi connectivity index (χ4n) is 1.82. The molecule has 0 aliphatic heterocycles. The summed E-state index contributed by atoms with van der Waals surface area (Å²) in [5, 5.41) is -0.0955. The fraction of sp³-hybridized carbons (Fsp3) is 0.133. The Morgan fingerprint density at radius 2 is 1.95 bits per heavy atom. The number of ketones is 1. The van der Waals surface area contributed by atoms with E-state index in [0.29, 0.717) is 5.56 Å². The Labute approximate surface area is 114 Å². The van der Waals surface area contributed by atoms with Crippen LogP contribution in [0.25, 0.3) is 0 Å². The lowest BCUT2D eigenvalue weighted by Crippen LogP contribution is -2.07. The second-order valence-corrected chi connectivity index (χ2v) is 4.68. The van der Waals surface area contributed by atoms with Gasteiger partial charge in [0, 0.05) is 6.42 Å². The van der Waals surface area contributed by atoms with Gasteiger partial charge in [-0.3, -0.25) is 4.79 Å². The Kier molecular flexibility index (Phi) is 3.96. The molecule has 2 rings (SSSR count). The van der Waals surface area contributed by atoms with Gasteiger partial charge in [-0.05, 0) is 42.3 Å². The average molecular weight is 281 g/mol. The van der Waals surface area contributed by atoms with Crippen LogP contribution >= 0.6 is 11.6 Å². The van der Waals surface area contributed by atoms with Crippen molar-refractivity contribution in [3.8, 4) is 0 Å². The van der Waals surface area contributed by atoms with E-state index in [1.807, 2.05) is 0 Å². The summed E-state index contributed by atoms with van der Waals surface area (Å²) in [6, 6.07) is 8.46. The van der Waals surface area contributed by atoms with Gasteiger partial charge >= 0.3 is 0 Å². The predicted octanol–water partition coefficient (Wildman–Crippen LogP) is 4.35. The van der Waals surface area contributed by atoms with E-state index in [1.54, 1.807) is 13.0 Å². The summed E-state index contributed by atoms with van der Waals surface area (Å²) >= 11 is 5.63. The van der Waals surface area contributed by atoms with Crippen LogP contribution < -0.4 is 0 Å². The maximum absolute atomic E-state index is 13.7. The lowest BCUT2D eigenvalue weighted by atomic mass is 9.99. The molecule has 0 saturated heterocycles. The molecule has 0 N–H and O–H groups in total. The minimum absolute atomic E-state index is 0.0547. The molecule has 0 atom stereocenters. The third-order valence-corrected chi connectivity index (χ3v) is 3.21. The average Bonchev–Trinajstić information content (AvgIpc) is 2.37. The van der Waals surface area contributed by atoms with Crippen LogP contribution in [0.4, 0.5) is 8.78 Å². The number of hydrogen-bond acceptors (Lipinski definition) is 1. The topological polar surface area (TPSA) is 17.1 Å². The van der Waals surface area contributed by atoms with E-state index in [4.69, 9.17) is 11.6 Å². The quantitative estimate of drug-likeness (QED) is 0.764. The largest absolute Gasteiger partial charge is 0.294 e. The maximum atomic E-state index is 13.7. The van der Waals surface area contributed by atoms with E-state index < -0.39 is 17.4 Å². The molecule has 0 bridgehead atoms. The van der Waals surface area contributed by atoms with E-state index in [9.17, 15) is 13.6 Å². The molecule has 19 heavy (non-hydrogen) atoms. The molecule has 2 aromatic rings. The van der Waals surface area contributed by atoms with Gasteiger partial charge in [0.15, 0.2) is 11.6 Å². The van der Waals surface area contributed by atoms with Crippen LogP contribution in [0, 0.1) is 18.6 Å². The molecule has 0 amide bonds. The summed E-state index contributed by atoms with van der Waals surface area (Å²) < 4.78 is 26.8. The summed E-state index contributed by atoms with van der Waals surface area (Å²) in [5.41, 5.74) is 1.26. The van der Waals surface area contributed by atoms with Crippen molar-refractivity contribution in [1.82, 2.24) is 0 Å². The van der Waals surface area contributed by atoms with Gasteiger partial charge in [0.25, 0.3) is 0 Å². The predicted molar refractivity (Wildman–Crippen MR) is 70.6 cm³/mol. The van der Waals surface area contributed by atoms with Crippen LogP contribution in [0.1, 0.15) is 21.5 Å². The highest BCUT2D eigenvalue weighted by Crippen LogP contribution is 2.20. The lowest BCUT2D eigenvalue weighted by molar-refractivity contribution is 0.0989. The molecule has 0 unspecified atom stereocenters. The molecule has 2 aromatic carbocycles. The van der Waals surface area contributed by atoms with Crippen molar-refractivity contribution in [3.05, 3.63) is 69.7 Å². The second-order valence-electron chi connectivity index (χ2n) is 4.27. The molecule has 98 valence electrons. The van der Waals surface area contributed by atoms with Crippen molar-refractivity contribution in [2.75, 3.05) is 0 Å². The van der Waals surface area contributed by atoms with Crippen LogP contribution in [-0.2, 0) is 6.42 Å². The number of Topliss-reactive ketones (excluding diaryl/α,β-unsaturated/α-hetero) is 1. The zero-order chi connectivity index (χ0) is 14.0. The summed E-state index contributed by atoms with van der Waals surface area (Å²) in [6.07, 6.45) is -0.0547. The number of halogens is 3. The second kappa shape index (κ2) is 5.49. The van der Waals surface area contributed by atoms with Gasteiger partial charge in [0.05, 0.1) is 10.6 Å². The first-order valence-corrected chi connectivity index (χ1v) is 6.09. The number of carbonyl (C=O) groups excluding carboxylic acids is 1. The minimum atomic E-state index is -0.733. The molecule has 0 radical (unpaired) electrons. The Hall–Kier alpha value is -1.74. The van der Waals surface area contributed by atoms with Crippen molar-refractivity contribution in [1.29, 1.82) is 0 Å². The maximum Gasteiger partial charge on any atom is 0.170 e. The van der Waals surface area contributed by atoms with E-state index in [0.717, 1.165) is 5.56 Å². The summed E-state index contributed by atoms with van der Waals surface area (Å²) in [5.74, 6) is -1.57. The lowest BCUT2D eigenvalue weighted by Gasteiger charge is -2.07. The van der Waals surface area contributed by atoms with Crippen molar-refractivity contribution in [2.45, 2.75) is 13.3 Å². The van der Waals surface area contributed by atoms with E-state index in [-0.39, 0.29) is 17.0 Å². The summed E-state index contributed by atoms with van der Waals surface area (Å²) in [7, 11) is 0. The normalized spacial score (nSPS) is 10.5. The van der Waals surface area contributed by atoms with Gasteiger partial charge in [0.1, 0.15) is 5.82 Å². The summed E-state index contributed by atoms with van der Waals surface area (Å²) in [6.45, 7) is 1.77. The molecule has 0 heterocycles. The van der Waals surface area contributed by atoms with Gasteiger partial charge in [-0.2, -0.15) is 0 Å². The molecule has 4 heteroatoms. The molecular weight excluding hydrogens is 270 g/mol. The first kappa shape index (κ1) is 13.7. The van der Waals surface area contributed by atoms with Gasteiger partial charge in [-0.1, -0.05) is 23.7 Å². The number of aryl methyl sites for hydroxylation is 1. The number of rotatable bonds is 3. The van der Waals surface area contributed by atoms with Crippen molar-refractivity contribution in [2.24, 2.45) is 0 Å². The van der Waals surface area contributed by atoms with Crippen LogP contribution in [0.2, 0.25) is 5.02 Å². The molecule has 0 aromatic heterocycles. The zero-order valence-electron chi connectivity index (χ0n) is 10.2. The molecule has 0 saturated carbocycles. The van der Waals surface area contributed by atoms with E-state index in [1.165, 1.54) is 30.3 Å². The number of benzene rings is 2. The van der Waals surface area contributed by atoms with Crippen molar-refractivity contribution >= 4 is 17.4 Å². The molecule has 0 aliphatic carbocycles. The molecule has 1 nitrogen and oxygen atoms in total. The Morgan fingerprint density at radius 1 is 1.21 bits per heavy atom. The zero-order valence-corrected chi connectivity index (χ0v) is 11.0. The smallest absolute Gasteiger partial charge is 0.170 e. The van der Waals surface area contributed by atoms with Gasteiger partial charge in [-0.25, -0.2) is 8.78 Å². The van der Waals surface area contributed by atoms with Crippen LogP contribution in [0.3, 0.4) is 0 Å². The SMILES string of the molecule is Cc1ccc(F)cc1CC(=O)c1cccc(Cl)c1F. The molecule has 0 aliphatic rings. The summed E-state index contributed by atoms with van der Waals surface area (Å²) in [4.78, 5) is 12.0. The third kappa shape index (κ3) is 2.99. The molecule has 0 spiro atoms. The van der Waals surface area contributed by atoms with E-state index >= 15 is 0 Å². The van der Waals surface area contributed by atoms with Crippen LogP contribution in [-0.4, -0.2) is 5.78 Å². The van der Waals surface area contributed by atoms with Crippen LogP contribution in [0.5, 0.6) is 0 Å². The highest BCUT2D eigenvalue weighted by molar-refractivity contribution is 6.31. The Balaban J connectivity index is 2.31. The number of hydrogen-bond donors (Lipinski definition) is 0. The van der Waals surface area contributed by atoms with E-state index in [2.05, 4.69) is 0 Å². The van der Waals surface area contributed by atoms with Crippen molar-refractivity contribution in [3.63, 3.8) is 0 Å². The fourth-order valence-corrected chi connectivity index (χ4v) is 1.99. The number of carbonyl (C=O) groups is 1. The standard InChI is InChI=1S/C15H11ClF2O/c1-9-5-6-11(17)7-10(9)8-14(19)12-3-2-4-13(16)15(12)18/h2-7H,8H2,1H3. The first-order chi connectivity index (χ1) is 8.99. The van der Waals surface area contributed by atoms with Gasteiger partial charge in [-0.15, -0.1) is 0 Å². The Morgan fingerprint density at radius 3 is 2.68 bits per heavy atom. The highest BCUT2D eigenvalue weighted by atomic mass is 35.5. The Bertz CT molecular complexity index is 638. The molecule has 0 fully saturated rings.